The highest BCUT2D eigenvalue weighted by Gasteiger charge is 2.23. The van der Waals surface area contributed by atoms with E-state index in [9.17, 15) is 0 Å². The Hall–Kier alpha value is -6.06. The Kier molecular flexibility index (Phi) is 5.82. The highest BCUT2D eigenvalue weighted by molar-refractivity contribution is 6.18. The van der Waals surface area contributed by atoms with Gasteiger partial charge in [0.05, 0.1) is 11.2 Å². The van der Waals surface area contributed by atoms with Crippen molar-refractivity contribution in [1.29, 1.82) is 0 Å². The molecule has 3 nitrogen and oxygen atoms in total. The van der Waals surface area contributed by atoms with E-state index < -0.39 is 0 Å². The molecule has 0 saturated carbocycles. The third-order valence-electron chi connectivity index (χ3n) is 8.76. The van der Waals surface area contributed by atoms with E-state index in [0.717, 1.165) is 55.7 Å². The van der Waals surface area contributed by atoms with Gasteiger partial charge in [-0.1, -0.05) is 103 Å². The van der Waals surface area contributed by atoms with Crippen LogP contribution in [0, 0.1) is 0 Å². The zero-order valence-electron chi connectivity index (χ0n) is 24.5. The van der Waals surface area contributed by atoms with Gasteiger partial charge in [0.2, 0.25) is 0 Å². The minimum absolute atomic E-state index is 0.861. The van der Waals surface area contributed by atoms with Crippen LogP contribution in [0.1, 0.15) is 0 Å². The minimum atomic E-state index is 0.861. The Morgan fingerprint density at radius 2 is 1.09 bits per heavy atom. The van der Waals surface area contributed by atoms with Crippen LogP contribution in [0.2, 0.25) is 0 Å². The van der Waals surface area contributed by atoms with Crippen molar-refractivity contribution >= 4 is 60.8 Å². The van der Waals surface area contributed by atoms with Crippen molar-refractivity contribution in [1.82, 2.24) is 4.57 Å². The zero-order valence-corrected chi connectivity index (χ0v) is 24.5. The van der Waals surface area contributed by atoms with E-state index in [2.05, 4.69) is 179 Å². The third kappa shape index (κ3) is 4.13. The Bertz CT molecular complexity index is 2470. The van der Waals surface area contributed by atoms with Crippen LogP contribution in [0.15, 0.2) is 174 Å². The molecule has 212 valence electrons. The lowest BCUT2D eigenvalue weighted by Crippen LogP contribution is -2.10. The molecule has 0 aliphatic carbocycles. The Morgan fingerprint density at radius 3 is 1.91 bits per heavy atom. The molecule has 3 heteroatoms. The smallest absolute Gasteiger partial charge is 0.161 e. The summed E-state index contributed by atoms with van der Waals surface area (Å²) in [6.45, 7) is 0. The van der Waals surface area contributed by atoms with Gasteiger partial charge in [-0.3, -0.25) is 0 Å². The van der Waals surface area contributed by atoms with Gasteiger partial charge < -0.3 is 13.9 Å². The van der Waals surface area contributed by atoms with Crippen LogP contribution in [-0.4, -0.2) is 4.57 Å². The minimum Gasteiger partial charge on any atom is -0.451 e. The van der Waals surface area contributed by atoms with Gasteiger partial charge in [-0.25, -0.2) is 0 Å². The van der Waals surface area contributed by atoms with Gasteiger partial charge in [0.15, 0.2) is 11.2 Å². The second kappa shape index (κ2) is 10.3. The second-order valence-electron chi connectivity index (χ2n) is 11.4. The van der Waals surface area contributed by atoms with E-state index in [1.807, 2.05) is 0 Å². The molecule has 0 spiro atoms. The first-order valence-electron chi connectivity index (χ1n) is 15.3. The van der Waals surface area contributed by atoms with Gasteiger partial charge >= 0.3 is 0 Å². The lowest BCUT2D eigenvalue weighted by Gasteiger charge is -2.25. The number of anilines is 3. The average molecular weight is 577 g/mol. The average Bonchev–Trinajstić information content (AvgIpc) is 3.65. The summed E-state index contributed by atoms with van der Waals surface area (Å²) < 4.78 is 9.22. The molecule has 0 fully saturated rings. The molecule has 0 aliphatic heterocycles. The Labute approximate surface area is 260 Å². The summed E-state index contributed by atoms with van der Waals surface area (Å²) in [7, 11) is 0. The predicted molar refractivity (Wildman–Crippen MR) is 188 cm³/mol. The topological polar surface area (TPSA) is 21.3 Å². The number of aromatic nitrogens is 1. The monoisotopic (exact) mass is 576 g/mol. The van der Waals surface area contributed by atoms with E-state index >= 15 is 0 Å². The van der Waals surface area contributed by atoms with Gasteiger partial charge in [0.25, 0.3) is 0 Å². The molecule has 9 rings (SSSR count). The Morgan fingerprint density at radius 1 is 0.444 bits per heavy atom. The summed E-state index contributed by atoms with van der Waals surface area (Å²) in [5.41, 5.74) is 10.6. The van der Waals surface area contributed by atoms with Gasteiger partial charge in [-0.05, 0) is 88.6 Å². The molecule has 7 aromatic carbocycles. The fourth-order valence-electron chi connectivity index (χ4n) is 6.67. The van der Waals surface area contributed by atoms with Crippen LogP contribution in [0.25, 0.3) is 60.6 Å². The van der Waals surface area contributed by atoms with Gasteiger partial charge in [-0.2, -0.15) is 0 Å². The van der Waals surface area contributed by atoms with Crippen molar-refractivity contribution in [3.63, 3.8) is 0 Å². The van der Waals surface area contributed by atoms with Crippen LogP contribution in [0.5, 0.6) is 0 Å². The molecule has 0 amide bonds. The lowest BCUT2D eigenvalue weighted by molar-refractivity contribution is 0.673. The number of hydrogen-bond donors (Lipinski definition) is 0. The number of benzene rings is 7. The van der Waals surface area contributed by atoms with Gasteiger partial charge in [0.1, 0.15) is 5.52 Å². The van der Waals surface area contributed by atoms with Crippen LogP contribution in [0.3, 0.4) is 0 Å². The first-order valence-corrected chi connectivity index (χ1v) is 15.3. The molecule has 2 heterocycles. The van der Waals surface area contributed by atoms with Crippen molar-refractivity contribution in [3.8, 4) is 16.8 Å². The molecular formula is C42H28N2O. The molecular weight excluding hydrogens is 548 g/mol. The van der Waals surface area contributed by atoms with E-state index in [1.165, 1.54) is 21.9 Å². The molecule has 2 aromatic heterocycles. The van der Waals surface area contributed by atoms with Crippen molar-refractivity contribution in [2.24, 2.45) is 0 Å². The SMILES string of the molecule is c1ccc(N(c2ccc(-c3ccc4ccccc4c3)cc2)c2cccc3c2oc2c4ccccc4n(-c4ccccc4)c32)cc1. The molecule has 0 atom stereocenters. The summed E-state index contributed by atoms with van der Waals surface area (Å²) in [5.74, 6) is 0. The normalized spacial score (nSPS) is 11.6. The van der Waals surface area contributed by atoms with E-state index in [1.54, 1.807) is 0 Å². The van der Waals surface area contributed by atoms with Crippen LogP contribution >= 0.6 is 0 Å². The van der Waals surface area contributed by atoms with Gasteiger partial charge in [-0.15, -0.1) is 0 Å². The Balaban J connectivity index is 1.24. The predicted octanol–water partition coefficient (Wildman–Crippen LogP) is 11.8. The highest BCUT2D eigenvalue weighted by atomic mass is 16.3. The molecule has 0 bridgehead atoms. The van der Waals surface area contributed by atoms with Crippen molar-refractivity contribution in [2.75, 3.05) is 4.90 Å². The van der Waals surface area contributed by atoms with Gasteiger partial charge in [0, 0.05) is 27.8 Å². The number of furan rings is 1. The molecule has 0 saturated heterocycles. The first-order chi connectivity index (χ1) is 22.3. The maximum Gasteiger partial charge on any atom is 0.161 e. The zero-order chi connectivity index (χ0) is 29.7. The van der Waals surface area contributed by atoms with E-state index in [0.29, 0.717) is 0 Å². The van der Waals surface area contributed by atoms with E-state index in [-0.39, 0.29) is 0 Å². The summed E-state index contributed by atoms with van der Waals surface area (Å²) >= 11 is 0. The van der Waals surface area contributed by atoms with Crippen molar-refractivity contribution < 1.29 is 4.42 Å². The fraction of sp³-hybridized carbons (Fsp3) is 0. The van der Waals surface area contributed by atoms with Crippen LogP contribution < -0.4 is 4.90 Å². The second-order valence-corrected chi connectivity index (χ2v) is 11.4. The molecule has 0 unspecified atom stereocenters. The number of fused-ring (bicyclic) bond motifs is 6. The molecule has 0 N–H and O–H groups in total. The number of rotatable bonds is 5. The van der Waals surface area contributed by atoms with Crippen LogP contribution in [-0.2, 0) is 0 Å². The maximum absolute atomic E-state index is 6.89. The molecule has 0 aliphatic rings. The summed E-state index contributed by atoms with van der Waals surface area (Å²) in [5, 5.41) is 4.68. The lowest BCUT2D eigenvalue weighted by atomic mass is 10.0. The third-order valence-corrected chi connectivity index (χ3v) is 8.76. The summed E-state index contributed by atoms with van der Waals surface area (Å²) in [6, 6.07) is 60.0. The first kappa shape index (κ1) is 25.4. The number of hydrogen-bond acceptors (Lipinski definition) is 2. The molecule has 9 aromatic rings. The molecule has 0 radical (unpaired) electrons. The number of nitrogens with zero attached hydrogens (tertiary/aromatic N) is 2. The summed E-state index contributed by atoms with van der Waals surface area (Å²) in [6.07, 6.45) is 0. The van der Waals surface area contributed by atoms with Crippen molar-refractivity contribution in [2.45, 2.75) is 0 Å². The quantitative estimate of drug-likeness (QED) is 0.203. The van der Waals surface area contributed by atoms with Crippen molar-refractivity contribution in [3.05, 3.63) is 170 Å². The molecule has 45 heavy (non-hydrogen) atoms. The fourth-order valence-corrected chi connectivity index (χ4v) is 6.67. The standard InChI is InChI=1S/C42H28N2O/c1-3-14-33(15-4-1)43(35-26-24-30(25-27-35)32-23-22-29-12-7-8-13-31(29)28-32)39-21-11-19-37-40-42(45-41(37)39)36-18-9-10-20-38(36)44(40)34-16-5-2-6-17-34/h1-28H. The van der Waals surface area contributed by atoms with Crippen LogP contribution in [0.4, 0.5) is 17.1 Å². The summed E-state index contributed by atoms with van der Waals surface area (Å²) in [4.78, 5) is 2.30. The number of para-hydroxylation sites is 4. The maximum atomic E-state index is 6.89. The highest BCUT2D eigenvalue weighted by Crippen LogP contribution is 2.45. The largest absolute Gasteiger partial charge is 0.451 e. The van der Waals surface area contributed by atoms with E-state index in [4.69, 9.17) is 4.42 Å².